The Morgan fingerprint density at radius 2 is 1.91 bits per heavy atom. The van der Waals surface area contributed by atoms with Crippen LogP contribution in [-0.2, 0) is 6.54 Å². The van der Waals surface area contributed by atoms with Gasteiger partial charge in [-0.15, -0.1) is 0 Å². The molecule has 0 saturated carbocycles. The average Bonchev–Trinajstić information content (AvgIpc) is 3.25. The molecular formula is C25H30N6O2S. The summed E-state index contributed by atoms with van der Waals surface area (Å²) in [6, 6.07) is 11.7. The molecule has 178 valence electrons. The minimum absolute atomic E-state index is 0.168. The van der Waals surface area contributed by atoms with Crippen LogP contribution in [0.4, 0.5) is 5.82 Å². The lowest BCUT2D eigenvalue weighted by atomic mass is 10.0. The van der Waals surface area contributed by atoms with Gasteiger partial charge in [0.15, 0.2) is 10.8 Å². The first kappa shape index (κ1) is 23.8. The molecule has 0 bridgehead atoms. The van der Waals surface area contributed by atoms with Crippen molar-refractivity contribution >= 4 is 45.3 Å². The lowest BCUT2D eigenvalue weighted by Gasteiger charge is -2.14. The van der Waals surface area contributed by atoms with Crippen LogP contribution >= 0.6 is 11.8 Å². The second kappa shape index (κ2) is 11.2. The molecule has 4 rings (SSSR count). The molecule has 2 aromatic carbocycles. The molecule has 2 N–H and O–H groups in total. The standard InChI is InChI=1S/C25H30N6O2S/c1-4-13-26-22-19-16-28-31(23(19)30-25(29-22)34-6-3)15-14-27-24(32)21-18-10-8-7-9-17(18)11-12-20(21)33-5-2/h7-12,16H,4-6,13-15H2,1-3H3,(H,27,32)(H,26,29,30). The monoisotopic (exact) mass is 478 g/mol. The zero-order valence-corrected chi connectivity index (χ0v) is 20.6. The molecule has 1 amide bonds. The Kier molecular flexibility index (Phi) is 7.84. The summed E-state index contributed by atoms with van der Waals surface area (Å²) in [6.45, 7) is 8.32. The Morgan fingerprint density at radius 1 is 1.06 bits per heavy atom. The van der Waals surface area contributed by atoms with Crippen LogP contribution in [0.5, 0.6) is 5.75 Å². The lowest BCUT2D eigenvalue weighted by Crippen LogP contribution is -2.28. The fourth-order valence-corrected chi connectivity index (χ4v) is 4.36. The van der Waals surface area contributed by atoms with Crippen molar-refractivity contribution < 1.29 is 9.53 Å². The van der Waals surface area contributed by atoms with Crippen LogP contribution < -0.4 is 15.4 Å². The summed E-state index contributed by atoms with van der Waals surface area (Å²) in [6.07, 6.45) is 2.78. The maximum absolute atomic E-state index is 13.2. The summed E-state index contributed by atoms with van der Waals surface area (Å²) >= 11 is 1.60. The third-order valence-electron chi connectivity index (χ3n) is 5.32. The van der Waals surface area contributed by atoms with E-state index in [-0.39, 0.29) is 5.91 Å². The Hall–Kier alpha value is -3.33. The summed E-state index contributed by atoms with van der Waals surface area (Å²) in [5.74, 6) is 2.11. The van der Waals surface area contributed by atoms with Crippen molar-refractivity contribution in [2.45, 2.75) is 38.9 Å². The molecule has 0 spiro atoms. The predicted molar refractivity (Wildman–Crippen MR) is 138 cm³/mol. The second-order valence-corrected chi connectivity index (χ2v) is 8.90. The molecule has 9 heteroatoms. The van der Waals surface area contributed by atoms with Crippen molar-refractivity contribution in [2.24, 2.45) is 0 Å². The van der Waals surface area contributed by atoms with Crippen LogP contribution in [0.1, 0.15) is 37.6 Å². The van der Waals surface area contributed by atoms with E-state index in [1.807, 2.05) is 48.0 Å². The van der Waals surface area contributed by atoms with Gasteiger partial charge < -0.3 is 15.4 Å². The fraction of sp³-hybridized carbons (Fsp3) is 0.360. The van der Waals surface area contributed by atoms with E-state index in [0.717, 1.165) is 51.5 Å². The number of amides is 1. The Balaban J connectivity index is 1.55. The zero-order chi connectivity index (χ0) is 23.9. The molecule has 0 atom stereocenters. The SMILES string of the molecule is CCCNc1nc(SCC)nc2c1cnn2CCNC(=O)c1c(OCC)ccc2ccccc12. The molecule has 2 heterocycles. The number of anilines is 1. The highest BCUT2D eigenvalue weighted by atomic mass is 32.2. The molecular weight excluding hydrogens is 448 g/mol. The number of aromatic nitrogens is 4. The Labute approximate surface area is 203 Å². The third-order valence-corrected chi connectivity index (χ3v) is 6.05. The molecule has 0 fully saturated rings. The van der Waals surface area contributed by atoms with Gasteiger partial charge in [-0.3, -0.25) is 4.79 Å². The van der Waals surface area contributed by atoms with E-state index in [0.29, 0.717) is 31.0 Å². The van der Waals surface area contributed by atoms with Gasteiger partial charge in [-0.25, -0.2) is 14.6 Å². The van der Waals surface area contributed by atoms with Crippen LogP contribution in [0.3, 0.4) is 0 Å². The van der Waals surface area contributed by atoms with Crippen molar-refractivity contribution in [3.8, 4) is 5.75 Å². The van der Waals surface area contributed by atoms with Crippen molar-refractivity contribution in [3.63, 3.8) is 0 Å². The molecule has 0 saturated heterocycles. The van der Waals surface area contributed by atoms with Crippen LogP contribution in [-0.4, -0.2) is 51.1 Å². The smallest absolute Gasteiger partial charge is 0.255 e. The normalized spacial score (nSPS) is 11.1. The van der Waals surface area contributed by atoms with Crippen LogP contribution in [0.25, 0.3) is 21.8 Å². The summed E-state index contributed by atoms with van der Waals surface area (Å²) in [5, 5.41) is 14.4. The summed E-state index contributed by atoms with van der Waals surface area (Å²) < 4.78 is 7.57. The number of carbonyl (C=O) groups excluding carboxylic acids is 1. The summed E-state index contributed by atoms with van der Waals surface area (Å²) in [7, 11) is 0. The number of hydrogen-bond donors (Lipinski definition) is 2. The van der Waals surface area contributed by atoms with Gasteiger partial charge in [0.1, 0.15) is 11.6 Å². The first-order valence-corrected chi connectivity index (χ1v) is 12.7. The Morgan fingerprint density at radius 3 is 2.71 bits per heavy atom. The molecule has 0 radical (unpaired) electrons. The van der Waals surface area contributed by atoms with Gasteiger partial charge in [0.05, 0.1) is 30.3 Å². The minimum Gasteiger partial charge on any atom is -0.493 e. The molecule has 0 unspecified atom stereocenters. The molecule has 0 aliphatic carbocycles. The lowest BCUT2D eigenvalue weighted by molar-refractivity contribution is 0.0950. The van der Waals surface area contributed by atoms with Crippen molar-refractivity contribution in [1.82, 2.24) is 25.1 Å². The number of ether oxygens (including phenoxy) is 1. The van der Waals surface area contributed by atoms with Crippen molar-refractivity contribution in [1.29, 1.82) is 0 Å². The van der Waals surface area contributed by atoms with Crippen LogP contribution in [0.2, 0.25) is 0 Å². The van der Waals surface area contributed by atoms with E-state index in [2.05, 4.69) is 34.6 Å². The number of thioether (sulfide) groups is 1. The second-order valence-electron chi connectivity index (χ2n) is 7.67. The topological polar surface area (TPSA) is 94.0 Å². The minimum atomic E-state index is -0.168. The quantitative estimate of drug-likeness (QED) is 0.237. The number of benzene rings is 2. The van der Waals surface area contributed by atoms with E-state index >= 15 is 0 Å². The van der Waals surface area contributed by atoms with Crippen LogP contribution in [0, 0.1) is 0 Å². The van der Waals surface area contributed by atoms with Gasteiger partial charge in [0.2, 0.25) is 0 Å². The first-order chi connectivity index (χ1) is 16.7. The Bertz CT molecular complexity index is 1290. The van der Waals surface area contributed by atoms with E-state index in [1.54, 1.807) is 18.0 Å². The van der Waals surface area contributed by atoms with E-state index < -0.39 is 0 Å². The van der Waals surface area contributed by atoms with Crippen LogP contribution in [0.15, 0.2) is 47.8 Å². The van der Waals surface area contributed by atoms with Gasteiger partial charge in [-0.05, 0) is 35.9 Å². The molecule has 4 aromatic rings. The average molecular weight is 479 g/mol. The van der Waals surface area contributed by atoms with Crippen molar-refractivity contribution in [2.75, 3.05) is 30.8 Å². The predicted octanol–water partition coefficient (Wildman–Crippen LogP) is 4.74. The van der Waals surface area contributed by atoms with Crippen molar-refractivity contribution in [3.05, 3.63) is 48.2 Å². The molecule has 34 heavy (non-hydrogen) atoms. The number of fused-ring (bicyclic) bond motifs is 2. The van der Waals surface area contributed by atoms with Gasteiger partial charge in [0.25, 0.3) is 5.91 Å². The van der Waals surface area contributed by atoms with E-state index in [1.165, 1.54) is 0 Å². The molecule has 0 aliphatic heterocycles. The number of carbonyl (C=O) groups is 1. The largest absolute Gasteiger partial charge is 0.493 e. The third kappa shape index (κ3) is 5.09. The highest BCUT2D eigenvalue weighted by Crippen LogP contribution is 2.28. The highest BCUT2D eigenvalue weighted by Gasteiger charge is 2.17. The number of nitrogens with one attached hydrogen (secondary N) is 2. The van der Waals surface area contributed by atoms with Gasteiger partial charge in [0, 0.05) is 13.1 Å². The number of nitrogens with zero attached hydrogens (tertiary/aromatic N) is 4. The fourth-order valence-electron chi connectivity index (χ4n) is 3.80. The molecule has 8 nitrogen and oxygen atoms in total. The maximum atomic E-state index is 13.2. The number of rotatable bonds is 11. The maximum Gasteiger partial charge on any atom is 0.255 e. The van der Waals surface area contributed by atoms with Gasteiger partial charge in [-0.2, -0.15) is 5.10 Å². The van der Waals surface area contributed by atoms with E-state index in [4.69, 9.17) is 9.72 Å². The first-order valence-electron chi connectivity index (χ1n) is 11.7. The molecule has 0 aliphatic rings. The van der Waals surface area contributed by atoms with Gasteiger partial charge in [-0.1, -0.05) is 55.9 Å². The summed E-state index contributed by atoms with van der Waals surface area (Å²) in [4.78, 5) is 22.6. The summed E-state index contributed by atoms with van der Waals surface area (Å²) in [5.41, 5.74) is 1.32. The highest BCUT2D eigenvalue weighted by molar-refractivity contribution is 7.99. The zero-order valence-electron chi connectivity index (χ0n) is 19.8. The van der Waals surface area contributed by atoms with E-state index in [9.17, 15) is 4.79 Å². The number of hydrogen-bond acceptors (Lipinski definition) is 7. The molecule has 2 aromatic heterocycles. The van der Waals surface area contributed by atoms with Gasteiger partial charge >= 0.3 is 0 Å².